The second-order valence-corrected chi connectivity index (χ2v) is 2.47. The smallest absolute Gasteiger partial charge is 0.118 e. The van der Waals surface area contributed by atoms with E-state index in [2.05, 4.69) is 20.7 Å². The van der Waals surface area contributed by atoms with Crippen molar-refractivity contribution in [2.24, 2.45) is 0 Å². The van der Waals surface area contributed by atoms with Gasteiger partial charge in [-0.25, -0.2) is 0 Å². The monoisotopic (exact) mass is 189 g/mol. The Kier molecular flexibility index (Phi) is 1.15. The van der Waals surface area contributed by atoms with Crippen LogP contribution in [0.1, 0.15) is 4.11 Å². The van der Waals surface area contributed by atoms with Crippen molar-refractivity contribution in [3.05, 3.63) is 28.7 Å². The summed E-state index contributed by atoms with van der Waals surface area (Å²) in [6, 6.07) is 6.63. The maximum absolute atomic E-state index is 6.82. The average Bonchev–Trinajstić information content (AvgIpc) is 1.91. The van der Waals surface area contributed by atoms with Crippen LogP contribution < -0.4 is 4.74 Å². The van der Waals surface area contributed by atoms with E-state index in [9.17, 15) is 0 Å². The SMILES string of the molecule is [2H]C([2H])([2H])Oc1ccc(Br)cc1. The number of hydrogen-bond donors (Lipinski definition) is 0. The molecule has 0 heterocycles. The zero-order chi connectivity index (χ0) is 9.19. The second kappa shape index (κ2) is 2.87. The molecule has 0 aliphatic rings. The highest BCUT2D eigenvalue weighted by Gasteiger charge is 1.86. The molecule has 0 spiro atoms. The average molecular weight is 190 g/mol. The summed E-state index contributed by atoms with van der Waals surface area (Å²) in [6.45, 7) is 0. The van der Waals surface area contributed by atoms with E-state index in [1.165, 1.54) is 0 Å². The van der Waals surface area contributed by atoms with Crippen molar-refractivity contribution in [2.45, 2.75) is 0 Å². The summed E-state index contributed by atoms with van der Waals surface area (Å²) < 4.78 is 26.0. The Labute approximate surface area is 67.0 Å². The number of methoxy groups -OCH3 is 1. The Morgan fingerprint density at radius 3 is 2.67 bits per heavy atom. The van der Waals surface area contributed by atoms with Gasteiger partial charge in [0.25, 0.3) is 0 Å². The molecule has 0 saturated carbocycles. The van der Waals surface area contributed by atoms with E-state index in [1.54, 1.807) is 24.3 Å². The van der Waals surface area contributed by atoms with E-state index in [0.717, 1.165) is 4.47 Å². The first-order chi connectivity index (χ1) is 5.47. The van der Waals surface area contributed by atoms with Crippen LogP contribution in [0.15, 0.2) is 28.7 Å². The van der Waals surface area contributed by atoms with Crippen molar-refractivity contribution < 1.29 is 8.85 Å². The van der Waals surface area contributed by atoms with Gasteiger partial charge in [0.15, 0.2) is 0 Å². The Hall–Kier alpha value is -0.500. The molecule has 1 aromatic rings. The highest BCUT2D eigenvalue weighted by atomic mass is 79.9. The Balaban J connectivity index is 2.71. The van der Waals surface area contributed by atoms with Gasteiger partial charge in [-0.15, -0.1) is 0 Å². The molecule has 0 aromatic heterocycles. The molecule has 48 valence electrons. The van der Waals surface area contributed by atoms with Crippen LogP contribution in [0.5, 0.6) is 5.75 Å². The van der Waals surface area contributed by atoms with Gasteiger partial charge in [-0.05, 0) is 24.3 Å². The molecule has 1 nitrogen and oxygen atoms in total. The minimum Gasteiger partial charge on any atom is -0.497 e. The molecule has 0 saturated heterocycles. The fourth-order valence-corrected chi connectivity index (χ4v) is 0.767. The van der Waals surface area contributed by atoms with Crippen LogP contribution >= 0.6 is 15.9 Å². The fourth-order valence-electron chi connectivity index (χ4n) is 0.503. The Morgan fingerprint density at radius 2 is 2.11 bits per heavy atom. The van der Waals surface area contributed by atoms with Crippen LogP contribution in [0.3, 0.4) is 0 Å². The summed E-state index contributed by atoms with van der Waals surface area (Å²) in [4.78, 5) is 0. The van der Waals surface area contributed by atoms with Gasteiger partial charge < -0.3 is 4.74 Å². The van der Waals surface area contributed by atoms with Crippen LogP contribution in [0.25, 0.3) is 0 Å². The van der Waals surface area contributed by atoms with Crippen LogP contribution in [0.2, 0.25) is 0 Å². The van der Waals surface area contributed by atoms with E-state index in [-0.39, 0.29) is 0 Å². The minimum atomic E-state index is -2.37. The highest BCUT2D eigenvalue weighted by molar-refractivity contribution is 9.10. The summed E-state index contributed by atoms with van der Waals surface area (Å²) in [7, 11) is -2.37. The number of halogens is 1. The van der Waals surface area contributed by atoms with Crippen LogP contribution in [-0.4, -0.2) is 7.04 Å². The van der Waals surface area contributed by atoms with Gasteiger partial charge in [0, 0.05) is 4.47 Å². The lowest BCUT2D eigenvalue weighted by Gasteiger charge is -1.96. The predicted molar refractivity (Wildman–Crippen MR) is 40.7 cm³/mol. The van der Waals surface area contributed by atoms with Crippen molar-refractivity contribution in [3.63, 3.8) is 0 Å². The standard InChI is InChI=1S/C7H7BrO/c1-9-7-4-2-6(8)3-5-7/h2-5H,1H3/i1D3. The fraction of sp³-hybridized carbons (Fsp3) is 0.143. The van der Waals surface area contributed by atoms with E-state index < -0.39 is 7.04 Å². The molecule has 1 rings (SSSR count). The van der Waals surface area contributed by atoms with Gasteiger partial charge in [-0.1, -0.05) is 15.9 Å². The lowest BCUT2D eigenvalue weighted by Crippen LogP contribution is -1.79. The van der Waals surface area contributed by atoms with Crippen molar-refractivity contribution in [2.75, 3.05) is 7.04 Å². The molecule has 0 amide bonds. The topological polar surface area (TPSA) is 9.23 Å². The number of ether oxygens (including phenoxy) is 1. The van der Waals surface area contributed by atoms with Crippen LogP contribution in [0, 0.1) is 0 Å². The summed E-state index contributed by atoms with van der Waals surface area (Å²) in [5.41, 5.74) is 0. The van der Waals surface area contributed by atoms with Gasteiger partial charge in [-0.3, -0.25) is 0 Å². The molecular weight excluding hydrogens is 180 g/mol. The van der Waals surface area contributed by atoms with Crippen molar-refractivity contribution in [3.8, 4) is 5.75 Å². The van der Waals surface area contributed by atoms with Gasteiger partial charge >= 0.3 is 0 Å². The second-order valence-electron chi connectivity index (χ2n) is 1.56. The maximum atomic E-state index is 6.82. The summed E-state index contributed by atoms with van der Waals surface area (Å²) in [6.07, 6.45) is 0. The Morgan fingerprint density at radius 1 is 1.44 bits per heavy atom. The van der Waals surface area contributed by atoms with Gasteiger partial charge in [0.1, 0.15) is 5.75 Å². The van der Waals surface area contributed by atoms with Gasteiger partial charge in [0.05, 0.1) is 11.2 Å². The van der Waals surface area contributed by atoms with Crippen LogP contribution in [0.4, 0.5) is 0 Å². The molecule has 0 atom stereocenters. The molecule has 0 aliphatic carbocycles. The lowest BCUT2D eigenvalue weighted by atomic mass is 10.3. The van der Waals surface area contributed by atoms with Gasteiger partial charge in [0.2, 0.25) is 0 Å². The molecule has 1 aromatic carbocycles. The third-order valence-corrected chi connectivity index (χ3v) is 1.46. The van der Waals surface area contributed by atoms with E-state index >= 15 is 0 Å². The molecule has 0 N–H and O–H groups in total. The molecule has 0 bridgehead atoms. The predicted octanol–water partition coefficient (Wildman–Crippen LogP) is 2.46. The molecule has 0 unspecified atom stereocenters. The molecule has 0 fully saturated rings. The largest absolute Gasteiger partial charge is 0.497 e. The highest BCUT2D eigenvalue weighted by Crippen LogP contribution is 2.14. The zero-order valence-electron chi connectivity index (χ0n) is 7.60. The normalized spacial score (nSPS) is 15.4. The molecule has 0 aliphatic heterocycles. The van der Waals surface area contributed by atoms with Crippen molar-refractivity contribution in [1.82, 2.24) is 0 Å². The minimum absolute atomic E-state index is 0.346. The molecule has 2 heteroatoms. The lowest BCUT2D eigenvalue weighted by molar-refractivity contribution is 0.414. The van der Waals surface area contributed by atoms with Crippen molar-refractivity contribution in [1.29, 1.82) is 0 Å². The zero-order valence-corrected chi connectivity index (χ0v) is 6.18. The van der Waals surface area contributed by atoms with E-state index in [4.69, 9.17) is 4.11 Å². The number of hydrogen-bond acceptors (Lipinski definition) is 1. The molecule has 0 radical (unpaired) electrons. The first-order valence-corrected chi connectivity index (χ1v) is 3.21. The number of rotatable bonds is 1. The van der Waals surface area contributed by atoms with Gasteiger partial charge in [-0.2, -0.15) is 0 Å². The molecular formula is C7H7BrO. The molecule has 9 heavy (non-hydrogen) atoms. The third kappa shape index (κ3) is 1.72. The summed E-state index contributed by atoms with van der Waals surface area (Å²) >= 11 is 3.23. The van der Waals surface area contributed by atoms with E-state index in [0.29, 0.717) is 5.75 Å². The summed E-state index contributed by atoms with van der Waals surface area (Å²) in [5.74, 6) is 0.346. The third-order valence-electron chi connectivity index (χ3n) is 0.931. The summed E-state index contributed by atoms with van der Waals surface area (Å²) in [5, 5.41) is 0. The number of benzene rings is 1. The maximum Gasteiger partial charge on any atom is 0.118 e. The first kappa shape index (κ1) is 3.62. The quantitative estimate of drug-likeness (QED) is 0.660. The van der Waals surface area contributed by atoms with E-state index in [1.807, 2.05) is 0 Å². The van der Waals surface area contributed by atoms with Crippen LogP contribution in [-0.2, 0) is 0 Å². The van der Waals surface area contributed by atoms with Crippen molar-refractivity contribution >= 4 is 15.9 Å². The first-order valence-electron chi connectivity index (χ1n) is 3.92. The Bertz CT molecular complexity index is 254.